The largest absolute Gasteiger partial charge is 0.522 e. The van der Waals surface area contributed by atoms with E-state index < -0.39 is 31.4 Å². The normalized spacial score (nSPS) is 11.3. The average molecular weight is 267 g/mol. The lowest BCUT2D eigenvalue weighted by Gasteiger charge is -2.09. The number of halogens is 4. The van der Waals surface area contributed by atoms with Crippen LogP contribution in [0.3, 0.4) is 0 Å². The standard InChI is InChI=1S/C10H9F4NO3/c11-6-1-2-7(8(15)5-6)9(16)17-3-4-18-10(12,13)14/h1-2,5H,3-4,15H2. The Kier molecular flexibility index (Phi) is 4.49. The van der Waals surface area contributed by atoms with E-state index >= 15 is 0 Å². The quantitative estimate of drug-likeness (QED) is 0.393. The van der Waals surface area contributed by atoms with E-state index in [0.717, 1.165) is 18.2 Å². The molecule has 0 atom stereocenters. The van der Waals surface area contributed by atoms with Gasteiger partial charge in [-0.15, -0.1) is 13.2 Å². The lowest BCUT2D eigenvalue weighted by molar-refractivity contribution is -0.326. The lowest BCUT2D eigenvalue weighted by Crippen LogP contribution is -2.19. The Balaban J connectivity index is 2.46. The van der Waals surface area contributed by atoms with Gasteiger partial charge >= 0.3 is 12.3 Å². The Hall–Kier alpha value is -1.83. The van der Waals surface area contributed by atoms with Crippen LogP contribution in [0.1, 0.15) is 10.4 Å². The highest BCUT2D eigenvalue weighted by Gasteiger charge is 2.28. The fraction of sp³-hybridized carbons (Fsp3) is 0.300. The van der Waals surface area contributed by atoms with Gasteiger partial charge in [-0.1, -0.05) is 0 Å². The maximum Gasteiger partial charge on any atom is 0.522 e. The molecule has 0 spiro atoms. The van der Waals surface area contributed by atoms with Crippen LogP contribution in [0.15, 0.2) is 18.2 Å². The van der Waals surface area contributed by atoms with Crippen molar-refractivity contribution < 1.29 is 31.8 Å². The van der Waals surface area contributed by atoms with Gasteiger partial charge in [0, 0.05) is 5.69 Å². The number of hydrogen-bond donors (Lipinski definition) is 1. The van der Waals surface area contributed by atoms with Gasteiger partial charge < -0.3 is 10.5 Å². The molecule has 0 aliphatic heterocycles. The van der Waals surface area contributed by atoms with Gasteiger partial charge in [-0.05, 0) is 18.2 Å². The molecule has 18 heavy (non-hydrogen) atoms. The number of carbonyl (C=O) groups is 1. The maximum absolute atomic E-state index is 12.7. The molecule has 1 aromatic rings. The zero-order valence-electron chi connectivity index (χ0n) is 8.96. The van der Waals surface area contributed by atoms with Crippen LogP contribution in [0, 0.1) is 5.82 Å². The molecule has 0 saturated carbocycles. The van der Waals surface area contributed by atoms with Crippen molar-refractivity contribution >= 4 is 11.7 Å². The fourth-order valence-corrected chi connectivity index (χ4v) is 1.09. The van der Waals surface area contributed by atoms with E-state index in [2.05, 4.69) is 9.47 Å². The number of hydrogen-bond acceptors (Lipinski definition) is 4. The fourth-order valence-electron chi connectivity index (χ4n) is 1.09. The molecule has 4 nitrogen and oxygen atoms in total. The van der Waals surface area contributed by atoms with Crippen molar-refractivity contribution in [1.29, 1.82) is 0 Å². The minimum Gasteiger partial charge on any atom is -0.460 e. The van der Waals surface area contributed by atoms with Crippen LogP contribution in [0.4, 0.5) is 23.2 Å². The first-order valence-electron chi connectivity index (χ1n) is 4.72. The van der Waals surface area contributed by atoms with Crippen molar-refractivity contribution in [2.45, 2.75) is 6.36 Å². The molecule has 0 bridgehead atoms. The van der Waals surface area contributed by atoms with Gasteiger partial charge in [0.1, 0.15) is 12.4 Å². The summed E-state index contributed by atoms with van der Waals surface area (Å²) in [6.07, 6.45) is -4.78. The van der Waals surface area contributed by atoms with Crippen LogP contribution in [-0.2, 0) is 9.47 Å². The highest BCUT2D eigenvalue weighted by atomic mass is 19.4. The topological polar surface area (TPSA) is 61.6 Å². The molecule has 0 aliphatic rings. The summed E-state index contributed by atoms with van der Waals surface area (Å²) < 4.78 is 55.3. The number of alkyl halides is 3. The number of esters is 1. The molecule has 0 radical (unpaired) electrons. The minimum absolute atomic E-state index is 0.122. The molecule has 1 rings (SSSR count). The third-order valence-corrected chi connectivity index (χ3v) is 1.82. The molecule has 0 amide bonds. The molecule has 0 unspecified atom stereocenters. The monoisotopic (exact) mass is 267 g/mol. The summed E-state index contributed by atoms with van der Waals surface area (Å²) in [5.41, 5.74) is 5.07. The van der Waals surface area contributed by atoms with E-state index in [1.54, 1.807) is 0 Å². The minimum atomic E-state index is -4.78. The highest BCUT2D eigenvalue weighted by molar-refractivity contribution is 5.94. The van der Waals surface area contributed by atoms with Crippen molar-refractivity contribution in [3.8, 4) is 0 Å². The van der Waals surface area contributed by atoms with E-state index in [1.165, 1.54) is 0 Å². The summed E-state index contributed by atoms with van der Waals surface area (Å²) in [5.74, 6) is -1.58. The van der Waals surface area contributed by atoms with Gasteiger partial charge in [0.2, 0.25) is 0 Å². The summed E-state index contributed by atoms with van der Waals surface area (Å²) in [6, 6.07) is 2.97. The first kappa shape index (κ1) is 14.2. The first-order chi connectivity index (χ1) is 8.29. The maximum atomic E-state index is 12.7. The van der Waals surface area contributed by atoms with Crippen molar-refractivity contribution in [3.05, 3.63) is 29.6 Å². The molecular weight excluding hydrogens is 258 g/mol. The number of carbonyl (C=O) groups excluding carboxylic acids is 1. The smallest absolute Gasteiger partial charge is 0.460 e. The summed E-state index contributed by atoms with van der Waals surface area (Å²) in [6.45, 7) is -1.41. The second-order valence-electron chi connectivity index (χ2n) is 3.16. The van der Waals surface area contributed by atoms with Crippen LogP contribution in [0.5, 0.6) is 0 Å². The van der Waals surface area contributed by atoms with Crippen molar-refractivity contribution in [1.82, 2.24) is 0 Å². The predicted molar refractivity (Wildman–Crippen MR) is 53.1 cm³/mol. The van der Waals surface area contributed by atoms with Gasteiger partial charge in [-0.3, -0.25) is 4.74 Å². The molecule has 1 aromatic carbocycles. The van der Waals surface area contributed by atoms with Gasteiger partial charge in [0.05, 0.1) is 12.2 Å². The summed E-state index contributed by atoms with van der Waals surface area (Å²) >= 11 is 0. The lowest BCUT2D eigenvalue weighted by atomic mass is 10.2. The van der Waals surface area contributed by atoms with Crippen molar-refractivity contribution in [2.24, 2.45) is 0 Å². The first-order valence-corrected chi connectivity index (χ1v) is 4.72. The van der Waals surface area contributed by atoms with Gasteiger partial charge in [-0.2, -0.15) is 0 Å². The van der Waals surface area contributed by atoms with E-state index in [-0.39, 0.29) is 11.3 Å². The van der Waals surface area contributed by atoms with Gasteiger partial charge in [0.15, 0.2) is 0 Å². The Labute approximate surface area is 99.3 Å². The third-order valence-electron chi connectivity index (χ3n) is 1.82. The molecule has 0 fully saturated rings. The van der Waals surface area contributed by atoms with Crippen molar-refractivity contribution in [2.75, 3.05) is 18.9 Å². The number of nitrogen functional groups attached to an aromatic ring is 1. The molecular formula is C10H9F4NO3. The zero-order chi connectivity index (χ0) is 13.8. The second kappa shape index (κ2) is 5.67. The number of rotatable bonds is 4. The molecule has 8 heteroatoms. The number of ether oxygens (including phenoxy) is 2. The van der Waals surface area contributed by atoms with Crippen LogP contribution in [0.25, 0.3) is 0 Å². The zero-order valence-corrected chi connectivity index (χ0v) is 8.96. The van der Waals surface area contributed by atoms with E-state index in [9.17, 15) is 22.4 Å². The number of nitrogens with two attached hydrogens (primary N) is 1. The molecule has 0 aromatic heterocycles. The Bertz CT molecular complexity index is 434. The number of benzene rings is 1. The molecule has 0 saturated heterocycles. The third kappa shape index (κ3) is 4.58. The highest BCUT2D eigenvalue weighted by Crippen LogP contribution is 2.16. The van der Waals surface area contributed by atoms with Gasteiger partial charge in [-0.25, -0.2) is 9.18 Å². The molecule has 0 heterocycles. The molecule has 2 N–H and O–H groups in total. The van der Waals surface area contributed by atoms with E-state index in [0.29, 0.717) is 0 Å². The summed E-state index contributed by atoms with van der Waals surface area (Å²) in [4.78, 5) is 11.3. The van der Waals surface area contributed by atoms with Crippen LogP contribution in [0.2, 0.25) is 0 Å². The molecule has 100 valence electrons. The summed E-state index contributed by atoms with van der Waals surface area (Å²) in [5, 5.41) is 0. The Morgan fingerprint density at radius 1 is 1.28 bits per heavy atom. The van der Waals surface area contributed by atoms with Crippen LogP contribution < -0.4 is 5.73 Å². The van der Waals surface area contributed by atoms with Crippen molar-refractivity contribution in [3.63, 3.8) is 0 Å². The SMILES string of the molecule is Nc1cc(F)ccc1C(=O)OCCOC(F)(F)F. The van der Waals surface area contributed by atoms with E-state index in [4.69, 9.17) is 5.73 Å². The summed E-state index contributed by atoms with van der Waals surface area (Å²) in [7, 11) is 0. The number of anilines is 1. The molecule has 0 aliphatic carbocycles. The Morgan fingerprint density at radius 3 is 2.50 bits per heavy atom. The second-order valence-corrected chi connectivity index (χ2v) is 3.16. The predicted octanol–water partition coefficient (Wildman–Crippen LogP) is 2.10. The van der Waals surface area contributed by atoms with Crippen LogP contribution >= 0.6 is 0 Å². The van der Waals surface area contributed by atoms with Crippen LogP contribution in [-0.4, -0.2) is 25.5 Å². The average Bonchev–Trinajstić information content (AvgIpc) is 2.22. The van der Waals surface area contributed by atoms with E-state index in [1.807, 2.05) is 0 Å². The van der Waals surface area contributed by atoms with Gasteiger partial charge in [0.25, 0.3) is 0 Å². The Morgan fingerprint density at radius 2 is 1.94 bits per heavy atom.